The zero-order valence-electron chi connectivity index (χ0n) is 9.00. The van der Waals surface area contributed by atoms with Gasteiger partial charge in [0.2, 0.25) is 0 Å². The van der Waals surface area contributed by atoms with Crippen LogP contribution in [0.15, 0.2) is 42.5 Å². The third-order valence-corrected chi connectivity index (χ3v) is 3.38. The third kappa shape index (κ3) is 1.59. The Balaban J connectivity index is 1.84. The lowest BCUT2D eigenvalue weighted by Gasteiger charge is -2.37. The molecule has 4 rings (SSSR count). The van der Waals surface area contributed by atoms with E-state index in [1.807, 2.05) is 30.3 Å². The fraction of sp³-hybridized carbons (Fsp3) is 0.357. The zero-order chi connectivity index (χ0) is 11.0. The maximum Gasteiger partial charge on any atom is 0.192 e. The number of Topliss-reactive ketones (excluding diaryl/α,β-unsaturated/α-hetero) is 1. The van der Waals surface area contributed by atoms with Gasteiger partial charge in [0.05, 0.1) is 6.10 Å². The molecule has 0 spiro atoms. The fourth-order valence-corrected chi connectivity index (χ4v) is 2.49. The molecule has 82 valence electrons. The summed E-state index contributed by atoms with van der Waals surface area (Å²) < 4.78 is 5.77. The molecular formula is C14H14O2. The number of benzene rings is 1. The second-order valence-electron chi connectivity index (χ2n) is 4.45. The molecule has 1 aliphatic carbocycles. The van der Waals surface area contributed by atoms with Crippen LogP contribution in [0.1, 0.15) is 23.2 Å². The summed E-state index contributed by atoms with van der Waals surface area (Å²) in [7, 11) is 0. The van der Waals surface area contributed by atoms with E-state index < -0.39 is 0 Å². The molecule has 2 nitrogen and oxygen atoms in total. The highest BCUT2D eigenvalue weighted by Gasteiger charge is 2.37. The Labute approximate surface area is 94.9 Å². The van der Waals surface area contributed by atoms with E-state index in [1.165, 1.54) is 0 Å². The summed E-state index contributed by atoms with van der Waals surface area (Å²) in [5.74, 6) is 0.400. The number of ether oxygens (including phenoxy) is 1. The lowest BCUT2D eigenvalue weighted by atomic mass is 9.83. The van der Waals surface area contributed by atoms with Crippen molar-refractivity contribution in [3.8, 4) is 0 Å². The predicted octanol–water partition coefficient (Wildman–Crippen LogP) is 2.60. The first-order valence-electron chi connectivity index (χ1n) is 5.77. The van der Waals surface area contributed by atoms with Crippen LogP contribution in [-0.4, -0.2) is 18.0 Å². The molecule has 1 fully saturated rings. The maximum atomic E-state index is 12.2. The number of carbonyl (C=O) groups excluding carboxylic acids is 1. The largest absolute Gasteiger partial charge is 0.362 e. The van der Waals surface area contributed by atoms with E-state index in [1.54, 1.807) is 0 Å². The van der Waals surface area contributed by atoms with Crippen molar-refractivity contribution >= 4 is 5.78 Å². The molecule has 0 aromatic heterocycles. The Kier molecular flexibility index (Phi) is 2.37. The Morgan fingerprint density at radius 1 is 1.12 bits per heavy atom. The molecule has 0 saturated carbocycles. The molecule has 0 N–H and O–H groups in total. The van der Waals surface area contributed by atoms with Gasteiger partial charge in [-0.1, -0.05) is 42.5 Å². The van der Waals surface area contributed by atoms with Gasteiger partial charge in [0.1, 0.15) is 6.10 Å². The minimum Gasteiger partial charge on any atom is -0.362 e. The second kappa shape index (κ2) is 3.87. The van der Waals surface area contributed by atoms with Crippen LogP contribution in [0.2, 0.25) is 0 Å². The summed E-state index contributed by atoms with van der Waals surface area (Å²) in [6.45, 7) is 0. The predicted molar refractivity (Wildman–Crippen MR) is 61.3 cm³/mol. The molecule has 3 aliphatic rings. The molecular weight excluding hydrogens is 200 g/mol. The summed E-state index contributed by atoms with van der Waals surface area (Å²) >= 11 is 0. The number of rotatable bonds is 2. The van der Waals surface area contributed by atoms with Crippen molar-refractivity contribution in [3.63, 3.8) is 0 Å². The molecule has 1 aromatic rings. The molecule has 16 heavy (non-hydrogen) atoms. The van der Waals surface area contributed by atoms with Crippen molar-refractivity contribution in [2.75, 3.05) is 0 Å². The number of ketones is 1. The molecule has 2 aliphatic heterocycles. The number of hydrogen-bond acceptors (Lipinski definition) is 2. The van der Waals surface area contributed by atoms with Crippen LogP contribution in [0.25, 0.3) is 0 Å². The highest BCUT2D eigenvalue weighted by Crippen LogP contribution is 2.33. The molecule has 0 radical (unpaired) electrons. The summed E-state index contributed by atoms with van der Waals surface area (Å²) in [5.41, 5.74) is 0.758. The summed E-state index contributed by atoms with van der Waals surface area (Å²) in [6.07, 6.45) is 6.25. The molecule has 2 bridgehead atoms. The monoisotopic (exact) mass is 214 g/mol. The van der Waals surface area contributed by atoms with E-state index >= 15 is 0 Å². The van der Waals surface area contributed by atoms with Crippen molar-refractivity contribution in [2.45, 2.75) is 25.0 Å². The molecule has 0 unspecified atom stereocenters. The molecule has 1 saturated heterocycles. The van der Waals surface area contributed by atoms with E-state index in [2.05, 4.69) is 12.2 Å². The van der Waals surface area contributed by atoms with Crippen molar-refractivity contribution in [1.29, 1.82) is 0 Å². The molecule has 0 amide bonds. The molecule has 1 aromatic carbocycles. The Morgan fingerprint density at radius 2 is 1.94 bits per heavy atom. The van der Waals surface area contributed by atoms with Crippen LogP contribution in [0.3, 0.4) is 0 Å². The lowest BCUT2D eigenvalue weighted by Crippen LogP contribution is -2.42. The normalized spacial score (nSPS) is 31.6. The van der Waals surface area contributed by atoms with Gasteiger partial charge in [-0.3, -0.25) is 4.79 Å². The van der Waals surface area contributed by atoms with Crippen LogP contribution < -0.4 is 0 Å². The Bertz CT molecular complexity index is 422. The van der Waals surface area contributed by atoms with Crippen molar-refractivity contribution in [1.82, 2.24) is 0 Å². The van der Waals surface area contributed by atoms with Crippen LogP contribution in [0, 0.1) is 5.92 Å². The van der Waals surface area contributed by atoms with E-state index in [9.17, 15) is 4.79 Å². The van der Waals surface area contributed by atoms with Gasteiger partial charge < -0.3 is 4.74 Å². The average Bonchev–Trinajstić information content (AvgIpc) is 2.40. The Hall–Kier alpha value is -1.41. The quantitative estimate of drug-likeness (QED) is 0.558. The smallest absolute Gasteiger partial charge is 0.192 e. The van der Waals surface area contributed by atoms with Crippen LogP contribution in [0.5, 0.6) is 0 Å². The van der Waals surface area contributed by atoms with E-state index in [4.69, 9.17) is 4.74 Å². The van der Waals surface area contributed by atoms with Gasteiger partial charge in [0, 0.05) is 11.5 Å². The highest BCUT2D eigenvalue weighted by atomic mass is 16.5. The zero-order valence-corrected chi connectivity index (χ0v) is 9.00. The van der Waals surface area contributed by atoms with Gasteiger partial charge in [-0.2, -0.15) is 0 Å². The highest BCUT2D eigenvalue weighted by molar-refractivity contribution is 6.00. The van der Waals surface area contributed by atoms with Gasteiger partial charge in [0.15, 0.2) is 5.78 Å². The number of hydrogen-bond donors (Lipinski definition) is 0. The molecule has 2 heterocycles. The van der Waals surface area contributed by atoms with E-state index in [0.29, 0.717) is 0 Å². The summed E-state index contributed by atoms with van der Waals surface area (Å²) in [5, 5.41) is 0. The van der Waals surface area contributed by atoms with Crippen LogP contribution in [0.4, 0.5) is 0 Å². The minimum absolute atomic E-state index is 0.125. The third-order valence-electron chi connectivity index (χ3n) is 3.38. The lowest BCUT2D eigenvalue weighted by molar-refractivity contribution is -0.0432. The van der Waals surface area contributed by atoms with E-state index in [0.717, 1.165) is 18.4 Å². The van der Waals surface area contributed by atoms with Crippen LogP contribution >= 0.6 is 0 Å². The molecule has 3 atom stereocenters. The number of carbonyl (C=O) groups is 1. The van der Waals surface area contributed by atoms with Gasteiger partial charge in [-0.25, -0.2) is 0 Å². The number of fused-ring (bicyclic) bond motifs is 2. The SMILES string of the molecule is O=C(c1ccccc1)[C@@H]1O[C@@H]2C=C[C@H]1CC2. The Morgan fingerprint density at radius 3 is 2.50 bits per heavy atom. The fourth-order valence-electron chi connectivity index (χ4n) is 2.49. The molecule has 2 heteroatoms. The summed E-state index contributed by atoms with van der Waals surface area (Å²) in [4.78, 5) is 12.2. The van der Waals surface area contributed by atoms with Gasteiger partial charge in [-0.15, -0.1) is 0 Å². The first-order valence-corrected chi connectivity index (χ1v) is 5.77. The average molecular weight is 214 g/mol. The minimum atomic E-state index is -0.258. The first kappa shape index (κ1) is 9.79. The first-order chi connectivity index (χ1) is 7.84. The van der Waals surface area contributed by atoms with Crippen molar-refractivity contribution in [2.24, 2.45) is 5.92 Å². The van der Waals surface area contributed by atoms with E-state index in [-0.39, 0.29) is 23.9 Å². The van der Waals surface area contributed by atoms with Crippen molar-refractivity contribution < 1.29 is 9.53 Å². The van der Waals surface area contributed by atoms with Crippen LogP contribution in [-0.2, 0) is 4.74 Å². The van der Waals surface area contributed by atoms with Gasteiger partial charge >= 0.3 is 0 Å². The maximum absolute atomic E-state index is 12.2. The topological polar surface area (TPSA) is 26.3 Å². The standard InChI is InChI=1S/C14H14O2/c15-13(10-4-2-1-3-5-10)14-11-6-8-12(16-14)9-7-11/h1-6,8,11-12,14H,7,9H2/t11-,12+,14+/m0/s1. The van der Waals surface area contributed by atoms with Gasteiger partial charge in [-0.05, 0) is 12.8 Å². The van der Waals surface area contributed by atoms with Gasteiger partial charge in [0.25, 0.3) is 0 Å². The summed E-state index contributed by atoms with van der Waals surface area (Å²) in [6, 6.07) is 9.42. The second-order valence-corrected chi connectivity index (χ2v) is 4.45. The van der Waals surface area contributed by atoms with Crippen molar-refractivity contribution in [3.05, 3.63) is 48.0 Å².